The number of aromatic nitrogens is 2. The molecule has 0 N–H and O–H groups in total. The van der Waals surface area contributed by atoms with Crippen LogP contribution < -0.4 is 12.4 Å². The van der Waals surface area contributed by atoms with E-state index in [1.54, 1.807) is 0 Å². The van der Waals surface area contributed by atoms with Crippen molar-refractivity contribution in [2.45, 2.75) is 19.4 Å². The summed E-state index contributed by atoms with van der Waals surface area (Å²) in [6.45, 7) is 1.12. The fraction of sp³-hybridized carbons (Fsp3) is 0.250. The molecule has 0 fully saturated rings. The van der Waals surface area contributed by atoms with Crippen LogP contribution in [0.4, 0.5) is 0 Å². The van der Waals surface area contributed by atoms with Gasteiger partial charge in [-0.05, 0) is 18.6 Å². The number of hydrogen-bond acceptors (Lipinski definition) is 1. The fourth-order valence-corrected chi connectivity index (χ4v) is 2.44. The number of imidazole rings is 1. The Bertz CT molecular complexity index is 486. The standard InChI is InChI=1S/C12H11BrN2.ClH/c13-10-4-1-3-9(7-10)11-8-15-6-2-5-12(15)14-11;/h1,3-4,7-8H,2,5-6H2;1H/p-1. The lowest BCUT2D eigenvalue weighted by atomic mass is 10.2. The minimum atomic E-state index is 0. The summed E-state index contributed by atoms with van der Waals surface area (Å²) >= 11 is 3.48. The largest absolute Gasteiger partial charge is 1.00 e. The monoisotopic (exact) mass is 297 g/mol. The third-order valence-electron chi connectivity index (χ3n) is 2.78. The van der Waals surface area contributed by atoms with Crippen LogP contribution in [0.2, 0.25) is 0 Å². The first-order valence-corrected chi connectivity index (χ1v) is 5.94. The van der Waals surface area contributed by atoms with E-state index in [9.17, 15) is 0 Å². The molecule has 1 aliphatic heterocycles. The molecule has 2 nitrogen and oxygen atoms in total. The van der Waals surface area contributed by atoms with Crippen molar-refractivity contribution in [3.05, 3.63) is 40.8 Å². The summed E-state index contributed by atoms with van der Waals surface area (Å²) in [5.41, 5.74) is 2.28. The molecule has 0 radical (unpaired) electrons. The lowest BCUT2D eigenvalue weighted by Crippen LogP contribution is -3.00. The molecule has 0 bridgehead atoms. The molecule has 16 heavy (non-hydrogen) atoms. The van der Waals surface area contributed by atoms with Gasteiger partial charge in [-0.15, -0.1) is 0 Å². The van der Waals surface area contributed by atoms with Gasteiger partial charge in [0.2, 0.25) is 0 Å². The van der Waals surface area contributed by atoms with E-state index >= 15 is 0 Å². The first-order valence-electron chi connectivity index (χ1n) is 5.15. The summed E-state index contributed by atoms with van der Waals surface area (Å²) in [7, 11) is 0. The number of halogens is 2. The molecule has 0 saturated carbocycles. The average Bonchev–Trinajstić information content (AvgIpc) is 2.76. The van der Waals surface area contributed by atoms with Crippen molar-refractivity contribution < 1.29 is 12.4 Å². The molecular weight excluding hydrogens is 288 g/mol. The third kappa shape index (κ3) is 2.02. The molecule has 0 aliphatic carbocycles. The van der Waals surface area contributed by atoms with Crippen LogP contribution >= 0.6 is 15.9 Å². The van der Waals surface area contributed by atoms with Crippen LogP contribution in [0.3, 0.4) is 0 Å². The molecule has 0 unspecified atom stereocenters. The van der Waals surface area contributed by atoms with Gasteiger partial charge in [0.05, 0.1) is 5.69 Å². The second-order valence-electron chi connectivity index (χ2n) is 3.85. The Hall–Kier alpha value is -0.800. The molecule has 4 heteroatoms. The van der Waals surface area contributed by atoms with Crippen molar-refractivity contribution in [1.29, 1.82) is 0 Å². The first-order chi connectivity index (χ1) is 7.33. The number of fused-ring (bicyclic) bond motifs is 1. The highest BCUT2D eigenvalue weighted by atomic mass is 79.9. The normalized spacial score (nSPS) is 13.3. The van der Waals surface area contributed by atoms with Gasteiger partial charge in [0, 0.05) is 29.2 Å². The van der Waals surface area contributed by atoms with Crippen molar-refractivity contribution >= 4 is 15.9 Å². The number of rotatable bonds is 1. The van der Waals surface area contributed by atoms with Crippen LogP contribution in [0, 0.1) is 0 Å². The Morgan fingerprint density at radius 2 is 2.19 bits per heavy atom. The lowest BCUT2D eigenvalue weighted by molar-refractivity contribution is -0.00000297. The molecular formula is C12H11BrClN2-. The van der Waals surface area contributed by atoms with Gasteiger partial charge in [-0.1, -0.05) is 28.1 Å². The molecule has 0 amide bonds. The highest BCUT2D eigenvalue weighted by Crippen LogP contribution is 2.24. The Morgan fingerprint density at radius 3 is 2.94 bits per heavy atom. The number of nitrogens with zero attached hydrogens (tertiary/aromatic N) is 2. The number of hydrogen-bond donors (Lipinski definition) is 0. The molecule has 1 aliphatic rings. The topological polar surface area (TPSA) is 17.8 Å². The minimum absolute atomic E-state index is 0. The van der Waals surface area contributed by atoms with Crippen molar-refractivity contribution in [3.63, 3.8) is 0 Å². The van der Waals surface area contributed by atoms with Crippen LogP contribution in [0.15, 0.2) is 34.9 Å². The van der Waals surface area contributed by atoms with Crippen molar-refractivity contribution in [1.82, 2.24) is 9.55 Å². The van der Waals surface area contributed by atoms with E-state index in [2.05, 4.69) is 43.8 Å². The van der Waals surface area contributed by atoms with Crippen LogP contribution in [-0.4, -0.2) is 9.55 Å². The van der Waals surface area contributed by atoms with Gasteiger partial charge in [0.25, 0.3) is 0 Å². The maximum Gasteiger partial charge on any atom is 0.109 e. The van der Waals surface area contributed by atoms with Gasteiger partial charge >= 0.3 is 0 Å². The van der Waals surface area contributed by atoms with E-state index in [0.29, 0.717) is 0 Å². The Morgan fingerprint density at radius 1 is 1.31 bits per heavy atom. The first kappa shape index (κ1) is 11.7. The van der Waals surface area contributed by atoms with Crippen molar-refractivity contribution in [2.24, 2.45) is 0 Å². The highest BCUT2D eigenvalue weighted by molar-refractivity contribution is 9.10. The molecule has 84 valence electrons. The molecule has 0 saturated heterocycles. The maximum atomic E-state index is 4.64. The summed E-state index contributed by atoms with van der Waals surface area (Å²) in [5.74, 6) is 1.23. The summed E-state index contributed by atoms with van der Waals surface area (Å²) in [6.07, 6.45) is 4.51. The Balaban J connectivity index is 0.000000963. The summed E-state index contributed by atoms with van der Waals surface area (Å²) in [6, 6.07) is 8.29. The molecule has 3 rings (SSSR count). The second-order valence-corrected chi connectivity index (χ2v) is 4.77. The molecule has 1 aromatic heterocycles. The van der Waals surface area contributed by atoms with Crippen molar-refractivity contribution in [2.75, 3.05) is 0 Å². The summed E-state index contributed by atoms with van der Waals surface area (Å²) in [4.78, 5) is 4.64. The fourth-order valence-electron chi connectivity index (χ4n) is 2.04. The van der Waals surface area contributed by atoms with Crippen LogP contribution in [0.25, 0.3) is 11.3 Å². The molecule has 0 spiro atoms. The second kappa shape index (κ2) is 4.60. The zero-order valence-corrected chi connectivity index (χ0v) is 11.0. The molecule has 2 heterocycles. The molecule has 1 aromatic carbocycles. The lowest BCUT2D eigenvalue weighted by Gasteiger charge is -1.97. The minimum Gasteiger partial charge on any atom is -1.00 e. The van der Waals surface area contributed by atoms with Gasteiger partial charge in [-0.3, -0.25) is 0 Å². The maximum absolute atomic E-state index is 4.64. The smallest absolute Gasteiger partial charge is 0.109 e. The van der Waals surface area contributed by atoms with E-state index in [0.717, 1.165) is 23.1 Å². The van der Waals surface area contributed by atoms with Gasteiger partial charge in [0.1, 0.15) is 5.82 Å². The number of aryl methyl sites for hydroxylation is 2. The van der Waals surface area contributed by atoms with Gasteiger partial charge in [0.15, 0.2) is 0 Å². The Kier molecular flexibility index (Phi) is 3.36. The SMILES string of the molecule is Brc1cccc(-c2cn3c(n2)CCC3)c1.[Cl-]. The van der Waals surface area contributed by atoms with E-state index < -0.39 is 0 Å². The van der Waals surface area contributed by atoms with Gasteiger partial charge in [-0.25, -0.2) is 4.98 Å². The van der Waals surface area contributed by atoms with Crippen LogP contribution in [-0.2, 0) is 13.0 Å². The predicted octanol–water partition coefficient (Wildman–Crippen LogP) is 0.263. The zero-order valence-electron chi connectivity index (χ0n) is 8.66. The highest BCUT2D eigenvalue weighted by Gasteiger charge is 2.14. The van der Waals surface area contributed by atoms with E-state index in [1.807, 2.05) is 12.1 Å². The van der Waals surface area contributed by atoms with Gasteiger partial charge < -0.3 is 17.0 Å². The summed E-state index contributed by atoms with van der Waals surface area (Å²) in [5, 5.41) is 0. The number of benzene rings is 1. The molecule has 2 aromatic rings. The van der Waals surface area contributed by atoms with Gasteiger partial charge in [-0.2, -0.15) is 0 Å². The molecule has 0 atom stereocenters. The van der Waals surface area contributed by atoms with Crippen molar-refractivity contribution in [3.8, 4) is 11.3 Å². The predicted molar refractivity (Wildman–Crippen MR) is 63.7 cm³/mol. The van der Waals surface area contributed by atoms with E-state index in [-0.39, 0.29) is 12.4 Å². The van der Waals surface area contributed by atoms with Crippen LogP contribution in [0.5, 0.6) is 0 Å². The van der Waals surface area contributed by atoms with E-state index in [4.69, 9.17) is 0 Å². The summed E-state index contributed by atoms with van der Waals surface area (Å²) < 4.78 is 3.36. The third-order valence-corrected chi connectivity index (χ3v) is 3.27. The van der Waals surface area contributed by atoms with Crippen LogP contribution in [0.1, 0.15) is 12.2 Å². The quantitative estimate of drug-likeness (QED) is 0.739. The average molecular weight is 299 g/mol. The Labute approximate surface area is 109 Å². The van der Waals surface area contributed by atoms with E-state index in [1.165, 1.54) is 17.8 Å². The zero-order chi connectivity index (χ0) is 10.3.